The average Bonchev–Trinajstić information content (AvgIpc) is 2.91. The number of halogens is 1. The third-order valence-electron chi connectivity index (χ3n) is 3.54. The topological polar surface area (TPSA) is 84.3 Å². The highest BCUT2D eigenvalue weighted by Crippen LogP contribution is 2.37. The molecule has 1 aromatic carbocycles. The first-order valence-electron chi connectivity index (χ1n) is 7.70. The van der Waals surface area contributed by atoms with Gasteiger partial charge < -0.3 is 15.2 Å². The number of para-hydroxylation sites is 2. The van der Waals surface area contributed by atoms with E-state index >= 15 is 0 Å². The molecule has 25 heavy (non-hydrogen) atoms. The number of rotatable bonds is 5. The van der Waals surface area contributed by atoms with Gasteiger partial charge in [0.2, 0.25) is 5.28 Å². The summed E-state index contributed by atoms with van der Waals surface area (Å²) in [7, 11) is 0. The van der Waals surface area contributed by atoms with Crippen molar-refractivity contribution < 1.29 is 14.6 Å². The highest BCUT2D eigenvalue weighted by atomic mass is 35.5. The Labute approximate surface area is 153 Å². The first-order valence-corrected chi connectivity index (χ1v) is 8.89. The lowest BCUT2D eigenvalue weighted by Crippen LogP contribution is -2.05. The molecule has 0 spiro atoms. The number of carbonyl (C=O) groups is 1. The molecule has 0 aliphatic carbocycles. The standard InChI is InChI=1S/C17H16ClN3O3S/c1-3-8-24-16(23)13-9(2)12-14(20-17(18)21-15(12)25-13)19-10-6-4-5-7-11(10)22/h4-7,22H,3,8H2,1-2H3,(H,19,20,21). The second-order valence-electron chi connectivity index (χ2n) is 5.36. The number of phenols is 1. The number of aromatic hydroxyl groups is 1. The molecule has 0 amide bonds. The lowest BCUT2D eigenvalue weighted by Gasteiger charge is -2.09. The molecule has 2 N–H and O–H groups in total. The van der Waals surface area contributed by atoms with Crippen molar-refractivity contribution in [3.05, 3.63) is 40.0 Å². The number of thiophene rings is 1. The molecule has 3 rings (SSSR count). The van der Waals surface area contributed by atoms with Gasteiger partial charge in [-0.2, -0.15) is 4.98 Å². The molecule has 0 aliphatic rings. The van der Waals surface area contributed by atoms with Crippen molar-refractivity contribution in [3.8, 4) is 5.75 Å². The summed E-state index contributed by atoms with van der Waals surface area (Å²) in [6.07, 6.45) is 0.751. The van der Waals surface area contributed by atoms with E-state index in [9.17, 15) is 9.90 Å². The summed E-state index contributed by atoms with van der Waals surface area (Å²) in [4.78, 5) is 21.7. The van der Waals surface area contributed by atoms with Crippen LogP contribution >= 0.6 is 22.9 Å². The molecule has 8 heteroatoms. The Kier molecular flexibility index (Phi) is 5.06. The second kappa shape index (κ2) is 7.25. The van der Waals surface area contributed by atoms with Crippen LogP contribution in [0.25, 0.3) is 10.2 Å². The van der Waals surface area contributed by atoms with E-state index in [1.807, 2.05) is 13.8 Å². The van der Waals surface area contributed by atoms with Gasteiger partial charge in [-0.25, -0.2) is 9.78 Å². The van der Waals surface area contributed by atoms with Crippen LogP contribution in [0, 0.1) is 6.92 Å². The fourth-order valence-electron chi connectivity index (χ4n) is 2.37. The van der Waals surface area contributed by atoms with Gasteiger partial charge in [0.15, 0.2) is 0 Å². The van der Waals surface area contributed by atoms with Crippen LogP contribution in [0.15, 0.2) is 24.3 Å². The fourth-order valence-corrected chi connectivity index (χ4v) is 3.66. The zero-order valence-electron chi connectivity index (χ0n) is 13.7. The maximum Gasteiger partial charge on any atom is 0.348 e. The Bertz CT molecular complexity index is 942. The maximum absolute atomic E-state index is 12.2. The van der Waals surface area contributed by atoms with E-state index in [-0.39, 0.29) is 17.0 Å². The molecule has 0 aliphatic heterocycles. The van der Waals surface area contributed by atoms with E-state index in [1.165, 1.54) is 11.3 Å². The van der Waals surface area contributed by atoms with Gasteiger partial charge in [0.1, 0.15) is 21.3 Å². The number of hydrogen-bond donors (Lipinski definition) is 2. The molecule has 6 nitrogen and oxygen atoms in total. The summed E-state index contributed by atoms with van der Waals surface area (Å²) in [5.41, 5.74) is 1.20. The molecule has 0 saturated heterocycles. The zero-order chi connectivity index (χ0) is 18.0. The van der Waals surface area contributed by atoms with Crippen LogP contribution in [0.3, 0.4) is 0 Å². The molecular formula is C17H16ClN3O3S. The van der Waals surface area contributed by atoms with Crippen LogP contribution in [-0.4, -0.2) is 27.7 Å². The molecule has 0 unspecified atom stereocenters. The van der Waals surface area contributed by atoms with E-state index in [0.29, 0.717) is 33.2 Å². The first-order chi connectivity index (χ1) is 12.0. The number of benzene rings is 1. The number of carbonyl (C=O) groups excluding carboxylic acids is 1. The number of nitrogens with one attached hydrogen (secondary N) is 1. The first kappa shape index (κ1) is 17.4. The lowest BCUT2D eigenvalue weighted by molar-refractivity contribution is 0.0510. The minimum Gasteiger partial charge on any atom is -0.506 e. The zero-order valence-corrected chi connectivity index (χ0v) is 15.2. The molecule has 0 saturated carbocycles. The van der Waals surface area contributed by atoms with Gasteiger partial charge in [0, 0.05) is 0 Å². The van der Waals surface area contributed by atoms with Gasteiger partial charge in [-0.15, -0.1) is 11.3 Å². The number of esters is 1. The van der Waals surface area contributed by atoms with E-state index in [1.54, 1.807) is 24.3 Å². The minimum atomic E-state index is -0.382. The second-order valence-corrected chi connectivity index (χ2v) is 6.69. The quantitative estimate of drug-likeness (QED) is 0.382. The smallest absolute Gasteiger partial charge is 0.348 e. The predicted molar refractivity (Wildman–Crippen MR) is 99.1 cm³/mol. The van der Waals surface area contributed by atoms with E-state index in [0.717, 1.165) is 12.0 Å². The molecule has 3 aromatic rings. The van der Waals surface area contributed by atoms with E-state index in [2.05, 4.69) is 15.3 Å². The molecule has 0 bridgehead atoms. The highest BCUT2D eigenvalue weighted by molar-refractivity contribution is 7.20. The number of fused-ring (bicyclic) bond motifs is 1. The molecule has 2 heterocycles. The number of phenolic OH excluding ortho intramolecular Hbond substituents is 1. The third kappa shape index (κ3) is 3.52. The Morgan fingerprint density at radius 1 is 1.36 bits per heavy atom. The summed E-state index contributed by atoms with van der Waals surface area (Å²) >= 11 is 7.23. The van der Waals surface area contributed by atoms with Crippen molar-refractivity contribution in [2.24, 2.45) is 0 Å². The Morgan fingerprint density at radius 3 is 2.84 bits per heavy atom. The van der Waals surface area contributed by atoms with Gasteiger partial charge in [0.05, 0.1) is 17.7 Å². The number of aromatic nitrogens is 2. The predicted octanol–water partition coefficient (Wildman–Crippen LogP) is 4.67. The highest BCUT2D eigenvalue weighted by Gasteiger charge is 2.21. The van der Waals surface area contributed by atoms with Gasteiger partial charge in [-0.3, -0.25) is 0 Å². The summed E-state index contributed by atoms with van der Waals surface area (Å²) in [6, 6.07) is 6.79. The molecule has 2 aromatic heterocycles. The van der Waals surface area contributed by atoms with Crippen molar-refractivity contribution in [2.45, 2.75) is 20.3 Å². The molecule has 0 atom stereocenters. The van der Waals surface area contributed by atoms with Crippen molar-refractivity contribution in [1.82, 2.24) is 9.97 Å². The average molecular weight is 378 g/mol. The Balaban J connectivity index is 2.08. The van der Waals surface area contributed by atoms with E-state index in [4.69, 9.17) is 16.3 Å². The van der Waals surface area contributed by atoms with Gasteiger partial charge in [-0.05, 0) is 42.6 Å². The largest absolute Gasteiger partial charge is 0.506 e. The monoisotopic (exact) mass is 377 g/mol. The van der Waals surface area contributed by atoms with Gasteiger partial charge in [0.25, 0.3) is 0 Å². The number of hydrogen-bond acceptors (Lipinski definition) is 7. The third-order valence-corrected chi connectivity index (χ3v) is 4.88. The van der Waals surface area contributed by atoms with Crippen LogP contribution < -0.4 is 5.32 Å². The summed E-state index contributed by atoms with van der Waals surface area (Å²) < 4.78 is 5.23. The van der Waals surface area contributed by atoms with Crippen molar-refractivity contribution in [3.63, 3.8) is 0 Å². The van der Waals surface area contributed by atoms with Gasteiger partial charge in [-0.1, -0.05) is 19.1 Å². The number of anilines is 2. The lowest BCUT2D eigenvalue weighted by atomic mass is 10.2. The SMILES string of the molecule is CCCOC(=O)c1sc2nc(Cl)nc(Nc3ccccc3O)c2c1C. The summed E-state index contributed by atoms with van der Waals surface area (Å²) in [6.45, 7) is 4.11. The van der Waals surface area contributed by atoms with Gasteiger partial charge >= 0.3 is 5.97 Å². The minimum absolute atomic E-state index is 0.0557. The molecule has 0 radical (unpaired) electrons. The van der Waals surface area contributed by atoms with Crippen LogP contribution in [0.2, 0.25) is 5.28 Å². The van der Waals surface area contributed by atoms with Crippen molar-refractivity contribution in [1.29, 1.82) is 0 Å². The van der Waals surface area contributed by atoms with Crippen LogP contribution in [-0.2, 0) is 4.74 Å². The normalized spacial score (nSPS) is 10.8. The maximum atomic E-state index is 12.2. The fraction of sp³-hybridized carbons (Fsp3) is 0.235. The van der Waals surface area contributed by atoms with Crippen molar-refractivity contribution >= 4 is 50.6 Å². The Morgan fingerprint density at radius 2 is 2.12 bits per heavy atom. The van der Waals surface area contributed by atoms with E-state index < -0.39 is 0 Å². The van der Waals surface area contributed by atoms with Crippen LogP contribution in [0.1, 0.15) is 28.6 Å². The number of ether oxygens (including phenoxy) is 1. The van der Waals surface area contributed by atoms with Crippen LogP contribution in [0.4, 0.5) is 11.5 Å². The number of aryl methyl sites for hydroxylation is 1. The number of nitrogens with zero attached hydrogens (tertiary/aromatic N) is 2. The summed E-state index contributed by atoms with van der Waals surface area (Å²) in [5, 5.41) is 13.8. The molecule has 130 valence electrons. The van der Waals surface area contributed by atoms with Crippen LogP contribution in [0.5, 0.6) is 5.75 Å². The van der Waals surface area contributed by atoms with Crippen molar-refractivity contribution in [2.75, 3.05) is 11.9 Å². The Hall–Kier alpha value is -2.38. The molecular weight excluding hydrogens is 362 g/mol. The molecule has 0 fully saturated rings. The summed E-state index contributed by atoms with van der Waals surface area (Å²) in [5.74, 6) is 0.132.